The Balaban J connectivity index is 2.57. The Kier molecular flexibility index (Phi) is 6.65. The summed E-state index contributed by atoms with van der Waals surface area (Å²) in [6.07, 6.45) is 3.95. The Morgan fingerprint density at radius 3 is 2.72 bits per heavy atom. The van der Waals surface area contributed by atoms with Crippen LogP contribution in [0.4, 0.5) is 0 Å². The summed E-state index contributed by atoms with van der Waals surface area (Å²) in [6.45, 7) is 2.77. The van der Waals surface area contributed by atoms with E-state index >= 15 is 0 Å². The van der Waals surface area contributed by atoms with Gasteiger partial charge in [-0.2, -0.15) is 11.8 Å². The van der Waals surface area contributed by atoms with E-state index in [-0.39, 0.29) is 0 Å². The number of unbranched alkanes of at least 4 members (excludes halogenated alkanes) is 1. The first kappa shape index (κ1) is 16.0. The van der Waals surface area contributed by atoms with Gasteiger partial charge in [-0.3, -0.25) is 0 Å². The highest BCUT2D eigenvalue weighted by Gasteiger charge is 2.17. The van der Waals surface area contributed by atoms with Gasteiger partial charge in [-0.05, 0) is 43.4 Å². The molecule has 7 heteroatoms. The number of aryl methyl sites for hydroxylation is 1. The molecule has 0 aliphatic carbocycles. The topological polar surface area (TPSA) is 72.2 Å². The van der Waals surface area contributed by atoms with Crippen LogP contribution < -0.4 is 10.5 Å². The van der Waals surface area contributed by atoms with Crippen LogP contribution in [-0.2, 0) is 16.6 Å². The summed E-state index contributed by atoms with van der Waals surface area (Å²) in [6, 6.07) is 1.69. The van der Waals surface area contributed by atoms with Crippen molar-refractivity contribution < 1.29 is 8.42 Å². The van der Waals surface area contributed by atoms with Crippen molar-refractivity contribution in [2.45, 2.75) is 30.5 Å². The fourth-order valence-corrected chi connectivity index (χ4v) is 4.55. The molecule has 104 valence electrons. The van der Waals surface area contributed by atoms with E-state index in [4.69, 9.17) is 5.73 Å². The number of sulfonamides is 1. The van der Waals surface area contributed by atoms with Gasteiger partial charge in [0.05, 0.1) is 0 Å². The van der Waals surface area contributed by atoms with E-state index in [1.807, 2.05) is 13.2 Å². The Morgan fingerprint density at radius 1 is 1.44 bits per heavy atom. The number of nitrogens with two attached hydrogens (primary N) is 1. The monoisotopic (exact) mass is 308 g/mol. The first-order valence-electron chi connectivity index (χ1n) is 5.79. The molecule has 1 aromatic heterocycles. The fourth-order valence-electron chi connectivity index (χ4n) is 1.47. The number of rotatable bonds is 8. The van der Waals surface area contributed by atoms with Crippen LogP contribution in [0.2, 0.25) is 0 Å². The molecule has 0 aromatic carbocycles. The van der Waals surface area contributed by atoms with Gasteiger partial charge in [0, 0.05) is 18.0 Å². The van der Waals surface area contributed by atoms with Crippen LogP contribution >= 0.6 is 23.1 Å². The number of hydrogen-bond donors (Lipinski definition) is 2. The smallest absolute Gasteiger partial charge is 0.250 e. The molecule has 0 aliphatic rings. The summed E-state index contributed by atoms with van der Waals surface area (Å²) in [4.78, 5) is 0.928. The highest BCUT2D eigenvalue weighted by atomic mass is 32.2. The third-order valence-electron chi connectivity index (χ3n) is 2.52. The minimum Gasteiger partial charge on any atom is -0.326 e. The Morgan fingerprint density at radius 2 is 2.17 bits per heavy atom. The van der Waals surface area contributed by atoms with Gasteiger partial charge in [0.1, 0.15) is 4.21 Å². The molecular weight excluding hydrogens is 288 g/mol. The molecule has 1 heterocycles. The predicted octanol–water partition coefficient (Wildman–Crippen LogP) is 1.94. The second kappa shape index (κ2) is 7.49. The normalized spacial score (nSPS) is 11.9. The van der Waals surface area contributed by atoms with Gasteiger partial charge >= 0.3 is 0 Å². The molecule has 0 spiro atoms. The van der Waals surface area contributed by atoms with Crippen molar-refractivity contribution in [1.29, 1.82) is 0 Å². The van der Waals surface area contributed by atoms with Crippen molar-refractivity contribution in [3.8, 4) is 0 Å². The molecule has 0 amide bonds. The van der Waals surface area contributed by atoms with E-state index in [2.05, 4.69) is 4.72 Å². The number of nitrogens with one attached hydrogen (secondary N) is 1. The van der Waals surface area contributed by atoms with Gasteiger partial charge < -0.3 is 5.73 Å². The molecule has 0 aliphatic heterocycles. The van der Waals surface area contributed by atoms with Crippen LogP contribution in [0.25, 0.3) is 0 Å². The molecule has 18 heavy (non-hydrogen) atoms. The van der Waals surface area contributed by atoms with E-state index in [1.165, 1.54) is 11.3 Å². The van der Waals surface area contributed by atoms with E-state index in [0.29, 0.717) is 17.3 Å². The largest absolute Gasteiger partial charge is 0.326 e. The maximum absolute atomic E-state index is 12.0. The van der Waals surface area contributed by atoms with E-state index in [1.54, 1.807) is 17.8 Å². The second-order valence-corrected chi connectivity index (χ2v) is 8.09. The van der Waals surface area contributed by atoms with Crippen molar-refractivity contribution in [2.75, 3.05) is 18.6 Å². The van der Waals surface area contributed by atoms with Gasteiger partial charge in [-0.15, -0.1) is 11.3 Å². The lowest BCUT2D eigenvalue weighted by Crippen LogP contribution is -2.24. The van der Waals surface area contributed by atoms with Crippen LogP contribution in [0, 0.1) is 6.92 Å². The van der Waals surface area contributed by atoms with Gasteiger partial charge in [-0.1, -0.05) is 0 Å². The molecule has 0 saturated carbocycles. The molecule has 0 saturated heterocycles. The van der Waals surface area contributed by atoms with E-state index in [0.717, 1.165) is 29.0 Å². The van der Waals surface area contributed by atoms with Crippen molar-refractivity contribution in [3.05, 3.63) is 16.5 Å². The lowest BCUT2D eigenvalue weighted by Gasteiger charge is -2.03. The number of hydrogen-bond acceptors (Lipinski definition) is 5. The quantitative estimate of drug-likeness (QED) is 0.720. The van der Waals surface area contributed by atoms with Gasteiger partial charge in [-0.25, -0.2) is 13.1 Å². The average molecular weight is 308 g/mol. The lowest BCUT2D eigenvalue weighted by atomic mass is 10.3. The lowest BCUT2D eigenvalue weighted by molar-refractivity contribution is 0.580. The predicted molar refractivity (Wildman–Crippen MR) is 79.8 cm³/mol. The van der Waals surface area contributed by atoms with E-state index in [9.17, 15) is 8.42 Å². The second-order valence-electron chi connectivity index (χ2n) is 3.97. The summed E-state index contributed by atoms with van der Waals surface area (Å²) >= 11 is 3.03. The number of thiophene rings is 1. The molecule has 1 aromatic rings. The summed E-state index contributed by atoms with van der Waals surface area (Å²) < 4.78 is 27.0. The maximum atomic E-state index is 12.0. The van der Waals surface area contributed by atoms with Crippen molar-refractivity contribution in [2.24, 2.45) is 5.73 Å². The third kappa shape index (κ3) is 4.55. The highest BCUT2D eigenvalue weighted by molar-refractivity contribution is 7.98. The third-order valence-corrected chi connectivity index (χ3v) is 6.41. The fraction of sp³-hybridized carbons (Fsp3) is 0.636. The summed E-state index contributed by atoms with van der Waals surface area (Å²) in [7, 11) is -3.35. The van der Waals surface area contributed by atoms with Crippen LogP contribution in [-0.4, -0.2) is 27.0 Å². The average Bonchev–Trinajstić information content (AvgIpc) is 2.71. The van der Waals surface area contributed by atoms with Crippen molar-refractivity contribution in [3.63, 3.8) is 0 Å². The molecule has 4 nitrogen and oxygen atoms in total. The molecule has 0 fully saturated rings. The zero-order chi connectivity index (χ0) is 13.6. The Labute approximate surface area is 117 Å². The molecular formula is C11H20N2O2S3. The van der Waals surface area contributed by atoms with Crippen LogP contribution in [0.3, 0.4) is 0 Å². The molecule has 3 N–H and O–H groups in total. The standard InChI is InChI=1S/C11H20N2O2S3/c1-9-7-11(17-10(9)8-12)18(14,15)13-5-3-4-6-16-2/h7,13H,3-6,8,12H2,1-2H3. The number of thioether (sulfide) groups is 1. The molecule has 0 atom stereocenters. The molecule has 1 rings (SSSR count). The Hall–Kier alpha value is -0.0800. The summed E-state index contributed by atoms with van der Waals surface area (Å²) in [5, 5.41) is 0. The van der Waals surface area contributed by atoms with Gasteiger partial charge in [0.15, 0.2) is 0 Å². The van der Waals surface area contributed by atoms with Gasteiger partial charge in [0.25, 0.3) is 0 Å². The van der Waals surface area contributed by atoms with Crippen LogP contribution in [0.15, 0.2) is 10.3 Å². The highest BCUT2D eigenvalue weighted by Crippen LogP contribution is 2.25. The molecule has 0 bridgehead atoms. The maximum Gasteiger partial charge on any atom is 0.250 e. The molecule has 0 unspecified atom stereocenters. The SMILES string of the molecule is CSCCCCNS(=O)(=O)c1cc(C)c(CN)s1. The Bertz CT molecular complexity index is 469. The summed E-state index contributed by atoms with van der Waals surface area (Å²) in [5.41, 5.74) is 6.50. The van der Waals surface area contributed by atoms with Crippen molar-refractivity contribution >= 4 is 33.1 Å². The van der Waals surface area contributed by atoms with Gasteiger partial charge in [0.2, 0.25) is 10.0 Å². The van der Waals surface area contributed by atoms with Crippen LogP contribution in [0.1, 0.15) is 23.3 Å². The van der Waals surface area contributed by atoms with E-state index < -0.39 is 10.0 Å². The minimum atomic E-state index is -3.35. The molecule has 0 radical (unpaired) electrons. The minimum absolute atomic E-state index is 0.366. The summed E-state index contributed by atoms with van der Waals surface area (Å²) in [5.74, 6) is 1.07. The first-order chi connectivity index (χ1) is 8.51. The van der Waals surface area contributed by atoms with Crippen molar-refractivity contribution in [1.82, 2.24) is 4.72 Å². The van der Waals surface area contributed by atoms with Crippen LogP contribution in [0.5, 0.6) is 0 Å². The zero-order valence-electron chi connectivity index (χ0n) is 10.7. The first-order valence-corrected chi connectivity index (χ1v) is 9.48. The zero-order valence-corrected chi connectivity index (χ0v) is 13.2.